The molecule has 25 heavy (non-hydrogen) atoms. The molecule has 0 unspecified atom stereocenters. The molecule has 0 amide bonds. The number of nitro benzene ring substituents is 1. The summed E-state index contributed by atoms with van der Waals surface area (Å²) >= 11 is 3.32. The van der Waals surface area contributed by atoms with Crippen molar-refractivity contribution in [1.29, 1.82) is 0 Å². The molecule has 0 bridgehead atoms. The number of hydrogen-bond acceptors (Lipinski definition) is 6. The molecule has 0 aliphatic carbocycles. The summed E-state index contributed by atoms with van der Waals surface area (Å²) < 4.78 is 16.8. The number of halogens is 1. The number of rotatable bonds is 5. The maximum absolute atomic E-state index is 11.7. The summed E-state index contributed by atoms with van der Waals surface area (Å²) in [6, 6.07) is 10.7. The molecule has 0 fully saturated rings. The lowest BCUT2D eigenvalue weighted by Gasteiger charge is -2.11. The molecule has 0 atom stereocenters. The zero-order valence-corrected chi connectivity index (χ0v) is 14.6. The highest BCUT2D eigenvalue weighted by molar-refractivity contribution is 9.10. The smallest absolute Gasteiger partial charge is 0.336 e. The van der Waals surface area contributed by atoms with E-state index in [-0.39, 0.29) is 18.0 Å². The van der Waals surface area contributed by atoms with Gasteiger partial charge in [0.1, 0.15) is 12.2 Å². The molecule has 2 aromatic carbocycles. The van der Waals surface area contributed by atoms with E-state index in [2.05, 4.69) is 15.9 Å². The van der Waals surface area contributed by atoms with E-state index >= 15 is 0 Å². The Kier molecular flexibility index (Phi) is 4.71. The van der Waals surface area contributed by atoms with E-state index in [4.69, 9.17) is 13.9 Å². The fourth-order valence-electron chi connectivity index (χ4n) is 2.37. The molecule has 0 radical (unpaired) electrons. The Morgan fingerprint density at radius 1 is 1.16 bits per heavy atom. The Balaban J connectivity index is 1.97. The van der Waals surface area contributed by atoms with Crippen LogP contribution in [-0.2, 0) is 6.61 Å². The Morgan fingerprint density at radius 2 is 1.96 bits per heavy atom. The second kappa shape index (κ2) is 6.94. The zero-order valence-electron chi connectivity index (χ0n) is 13.0. The lowest BCUT2D eigenvalue weighted by molar-refractivity contribution is -0.385. The molecule has 0 spiro atoms. The van der Waals surface area contributed by atoms with Crippen LogP contribution in [-0.4, -0.2) is 12.0 Å². The van der Waals surface area contributed by atoms with Crippen molar-refractivity contribution >= 4 is 32.6 Å². The van der Waals surface area contributed by atoms with Crippen LogP contribution >= 0.6 is 15.9 Å². The third-order valence-corrected chi connectivity index (χ3v) is 4.03. The Hall–Kier alpha value is -2.87. The monoisotopic (exact) mass is 405 g/mol. The van der Waals surface area contributed by atoms with Crippen LogP contribution in [0.5, 0.6) is 11.5 Å². The van der Waals surface area contributed by atoms with Crippen LogP contribution in [0.4, 0.5) is 5.69 Å². The second-order valence-corrected chi connectivity index (χ2v) is 6.03. The number of nitro groups is 1. The van der Waals surface area contributed by atoms with E-state index in [9.17, 15) is 14.9 Å². The van der Waals surface area contributed by atoms with Crippen LogP contribution in [0, 0.1) is 10.1 Å². The van der Waals surface area contributed by atoms with Gasteiger partial charge >= 0.3 is 5.63 Å². The largest absolute Gasteiger partial charge is 0.493 e. The number of ether oxygens (including phenoxy) is 2. The fourth-order valence-corrected chi connectivity index (χ4v) is 2.71. The topological polar surface area (TPSA) is 91.8 Å². The van der Waals surface area contributed by atoms with Gasteiger partial charge in [0.15, 0.2) is 11.5 Å². The first-order valence-corrected chi connectivity index (χ1v) is 7.95. The van der Waals surface area contributed by atoms with Gasteiger partial charge in [0.25, 0.3) is 5.69 Å². The predicted octanol–water partition coefficient (Wildman–Crippen LogP) is 4.05. The van der Waals surface area contributed by atoms with Crippen molar-refractivity contribution in [2.75, 3.05) is 7.11 Å². The van der Waals surface area contributed by atoms with Crippen molar-refractivity contribution in [3.63, 3.8) is 0 Å². The second-order valence-electron chi connectivity index (χ2n) is 5.11. The highest BCUT2D eigenvalue weighted by Gasteiger charge is 2.14. The van der Waals surface area contributed by atoms with Crippen LogP contribution < -0.4 is 15.1 Å². The van der Waals surface area contributed by atoms with Gasteiger partial charge in [0.05, 0.1) is 18.1 Å². The third kappa shape index (κ3) is 3.63. The number of methoxy groups -OCH3 is 1. The lowest BCUT2D eigenvalue weighted by Crippen LogP contribution is -2.05. The van der Waals surface area contributed by atoms with Gasteiger partial charge in [-0.2, -0.15) is 0 Å². The maximum Gasteiger partial charge on any atom is 0.336 e. The van der Waals surface area contributed by atoms with Crippen molar-refractivity contribution in [3.8, 4) is 11.5 Å². The van der Waals surface area contributed by atoms with E-state index in [1.165, 1.54) is 31.4 Å². The standard InChI is InChI=1S/C17H12BrNO6/c1-23-14-5-3-12(19(21)22)8-16(14)24-9-10-6-17(20)25-15-7-11(18)2-4-13(10)15/h2-8H,9H2,1H3. The van der Waals surface area contributed by atoms with Gasteiger partial charge in [-0.15, -0.1) is 0 Å². The number of benzene rings is 2. The Morgan fingerprint density at radius 3 is 2.68 bits per heavy atom. The first-order valence-electron chi connectivity index (χ1n) is 7.15. The summed E-state index contributed by atoms with van der Waals surface area (Å²) in [5, 5.41) is 11.6. The van der Waals surface area contributed by atoms with Crippen LogP contribution in [0.1, 0.15) is 5.56 Å². The van der Waals surface area contributed by atoms with Gasteiger partial charge in [-0.1, -0.05) is 15.9 Å². The van der Waals surface area contributed by atoms with Gasteiger partial charge in [-0.3, -0.25) is 10.1 Å². The zero-order chi connectivity index (χ0) is 18.0. The van der Waals surface area contributed by atoms with Crippen molar-refractivity contribution in [2.24, 2.45) is 0 Å². The minimum atomic E-state index is -0.517. The third-order valence-electron chi connectivity index (χ3n) is 3.53. The highest BCUT2D eigenvalue weighted by Crippen LogP contribution is 2.32. The van der Waals surface area contributed by atoms with Gasteiger partial charge in [-0.05, 0) is 24.3 Å². The summed E-state index contributed by atoms with van der Waals surface area (Å²) in [6.07, 6.45) is 0. The van der Waals surface area contributed by atoms with Crippen LogP contribution in [0.15, 0.2) is 56.1 Å². The maximum atomic E-state index is 11.7. The number of non-ortho nitro benzene ring substituents is 1. The summed E-state index contributed by atoms with van der Waals surface area (Å²) in [7, 11) is 1.44. The van der Waals surface area contributed by atoms with Crippen molar-refractivity contribution < 1.29 is 18.8 Å². The van der Waals surface area contributed by atoms with Crippen LogP contribution in [0.2, 0.25) is 0 Å². The van der Waals surface area contributed by atoms with E-state index in [1.807, 2.05) is 6.07 Å². The first-order chi connectivity index (χ1) is 12.0. The molecule has 1 aromatic heterocycles. The average molecular weight is 406 g/mol. The molecule has 0 N–H and O–H groups in total. The molecular weight excluding hydrogens is 394 g/mol. The predicted molar refractivity (Wildman–Crippen MR) is 94.2 cm³/mol. The molecule has 7 nitrogen and oxygen atoms in total. The summed E-state index contributed by atoms with van der Waals surface area (Å²) in [5.41, 5.74) is 0.408. The summed E-state index contributed by atoms with van der Waals surface area (Å²) in [4.78, 5) is 22.2. The quantitative estimate of drug-likeness (QED) is 0.361. The molecule has 3 aromatic rings. The van der Waals surface area contributed by atoms with Gasteiger partial charge < -0.3 is 13.9 Å². The average Bonchev–Trinajstić information content (AvgIpc) is 2.58. The first kappa shape index (κ1) is 17.0. The van der Waals surface area contributed by atoms with Crippen molar-refractivity contribution in [2.45, 2.75) is 6.61 Å². The van der Waals surface area contributed by atoms with Crippen LogP contribution in [0.25, 0.3) is 11.0 Å². The van der Waals surface area contributed by atoms with Crippen molar-refractivity contribution in [1.82, 2.24) is 0 Å². The van der Waals surface area contributed by atoms with Gasteiger partial charge in [0.2, 0.25) is 0 Å². The van der Waals surface area contributed by atoms with Crippen LogP contribution in [0.3, 0.4) is 0 Å². The molecule has 1 heterocycles. The minimum absolute atomic E-state index is 0.0290. The molecule has 0 saturated heterocycles. The van der Waals surface area contributed by atoms with E-state index in [0.29, 0.717) is 22.3 Å². The van der Waals surface area contributed by atoms with E-state index < -0.39 is 10.5 Å². The lowest BCUT2D eigenvalue weighted by atomic mass is 10.1. The molecular formula is C17H12BrNO6. The number of hydrogen-bond donors (Lipinski definition) is 0. The SMILES string of the molecule is COc1ccc([N+](=O)[O-])cc1OCc1cc(=O)oc2cc(Br)ccc12. The number of nitrogens with zero attached hydrogens (tertiary/aromatic N) is 1. The molecule has 0 saturated carbocycles. The Labute approximate surface area is 150 Å². The normalized spacial score (nSPS) is 10.6. The van der Waals surface area contributed by atoms with E-state index in [1.54, 1.807) is 12.1 Å². The number of fused-ring (bicyclic) bond motifs is 1. The fraction of sp³-hybridized carbons (Fsp3) is 0.118. The van der Waals surface area contributed by atoms with Gasteiger partial charge in [-0.25, -0.2) is 4.79 Å². The summed E-state index contributed by atoms with van der Waals surface area (Å²) in [6.45, 7) is 0.0290. The van der Waals surface area contributed by atoms with Gasteiger partial charge in [0, 0.05) is 27.6 Å². The molecule has 8 heteroatoms. The molecule has 3 rings (SSSR count). The molecule has 0 aliphatic heterocycles. The highest BCUT2D eigenvalue weighted by atomic mass is 79.9. The molecule has 0 aliphatic rings. The van der Waals surface area contributed by atoms with Crippen molar-refractivity contribution in [3.05, 3.63) is 73.0 Å². The van der Waals surface area contributed by atoms with E-state index in [0.717, 1.165) is 4.47 Å². The minimum Gasteiger partial charge on any atom is -0.493 e. The molecule has 128 valence electrons. The summed E-state index contributed by atoms with van der Waals surface area (Å²) in [5.74, 6) is 0.579. The Bertz CT molecular complexity index is 1010.